The van der Waals surface area contributed by atoms with Crippen LogP contribution in [0.4, 0.5) is 0 Å². The molecule has 0 aromatic rings. The Morgan fingerprint density at radius 1 is 0.576 bits per heavy atom. The number of hydrogen-bond acceptors (Lipinski definition) is 5. The van der Waals surface area contributed by atoms with Gasteiger partial charge in [0.1, 0.15) is 0 Å². The smallest absolute Gasteiger partial charge is 0.305 e. The molecule has 0 aromatic carbocycles. The zero-order chi connectivity index (χ0) is 24.7. The zero-order valence-electron chi connectivity index (χ0n) is 22.4. The molecule has 0 rings (SSSR count). The van der Waals surface area contributed by atoms with Crippen molar-refractivity contribution < 1.29 is 19.7 Å². The van der Waals surface area contributed by atoms with E-state index in [1.807, 2.05) is 0 Å². The molecule has 0 atom stereocenters. The van der Waals surface area contributed by atoms with Crippen molar-refractivity contribution in [1.29, 1.82) is 0 Å². The highest BCUT2D eigenvalue weighted by Crippen LogP contribution is 2.12. The van der Waals surface area contributed by atoms with Crippen LogP contribution in [0.1, 0.15) is 142 Å². The summed E-state index contributed by atoms with van der Waals surface area (Å²) < 4.78 is 5.35. The largest absolute Gasteiger partial charge is 0.466 e. The Morgan fingerprint density at radius 2 is 0.939 bits per heavy atom. The summed E-state index contributed by atoms with van der Waals surface area (Å²) in [5.41, 5.74) is 0. The van der Waals surface area contributed by atoms with Crippen LogP contribution >= 0.6 is 0 Å². The van der Waals surface area contributed by atoms with Gasteiger partial charge in [-0.2, -0.15) is 0 Å². The highest BCUT2D eigenvalue weighted by Gasteiger charge is 2.02. The standard InChI is InChI=1S/C24H48O2.C4H11NO2/c1-3-5-7-9-11-13-15-17-19-21-23-26-24(25)22-20-18-16-14-12-10-8-6-4-2;6-3-1-5-2-4-7/h3-23H2,1-2H3;5-7H,1-4H2. The zero-order valence-corrected chi connectivity index (χ0v) is 22.4. The first-order chi connectivity index (χ1) is 16.2. The number of carbonyl (C=O) groups excluding carboxylic acids is 1. The fourth-order valence-corrected chi connectivity index (χ4v) is 3.71. The molecule has 0 saturated carbocycles. The van der Waals surface area contributed by atoms with E-state index in [2.05, 4.69) is 19.2 Å². The van der Waals surface area contributed by atoms with Crippen molar-refractivity contribution in [3.8, 4) is 0 Å². The van der Waals surface area contributed by atoms with Crippen LogP contribution < -0.4 is 5.32 Å². The summed E-state index contributed by atoms with van der Waals surface area (Å²) in [4.78, 5) is 11.7. The summed E-state index contributed by atoms with van der Waals surface area (Å²) in [7, 11) is 0. The molecule has 0 amide bonds. The maximum absolute atomic E-state index is 11.7. The van der Waals surface area contributed by atoms with Gasteiger partial charge in [0, 0.05) is 19.5 Å². The van der Waals surface area contributed by atoms with Gasteiger partial charge in [0.2, 0.25) is 0 Å². The second-order valence-electron chi connectivity index (χ2n) is 9.18. The average molecular weight is 474 g/mol. The van der Waals surface area contributed by atoms with E-state index in [9.17, 15) is 4.79 Å². The predicted molar refractivity (Wildman–Crippen MR) is 142 cm³/mol. The fraction of sp³-hybridized carbons (Fsp3) is 0.964. The third-order valence-electron chi connectivity index (χ3n) is 5.82. The van der Waals surface area contributed by atoms with Crippen molar-refractivity contribution in [3.63, 3.8) is 0 Å². The van der Waals surface area contributed by atoms with Crippen molar-refractivity contribution >= 4 is 5.97 Å². The van der Waals surface area contributed by atoms with Gasteiger partial charge in [-0.1, -0.05) is 123 Å². The van der Waals surface area contributed by atoms with Crippen LogP contribution in [0.5, 0.6) is 0 Å². The molecule has 0 bridgehead atoms. The summed E-state index contributed by atoms with van der Waals surface area (Å²) in [5.74, 6) is 0.0175. The molecular weight excluding hydrogens is 414 g/mol. The Hall–Kier alpha value is -0.650. The molecule has 5 nitrogen and oxygen atoms in total. The van der Waals surface area contributed by atoms with E-state index in [0.717, 1.165) is 12.8 Å². The predicted octanol–water partition coefficient (Wildman–Crippen LogP) is 6.93. The number of aliphatic hydroxyl groups is 2. The maximum atomic E-state index is 11.7. The van der Waals surface area contributed by atoms with E-state index < -0.39 is 0 Å². The van der Waals surface area contributed by atoms with E-state index in [1.54, 1.807) is 0 Å². The SMILES string of the molecule is CCCCCCCCCCCCOC(=O)CCCCCCCCCCC.OCCNCCO. The number of unbranched alkanes of at least 4 members (excludes halogenated alkanes) is 17. The van der Waals surface area contributed by atoms with Crippen molar-refractivity contribution in [2.75, 3.05) is 32.9 Å². The molecule has 0 spiro atoms. The first kappa shape index (κ1) is 34.5. The monoisotopic (exact) mass is 473 g/mol. The number of esters is 1. The van der Waals surface area contributed by atoms with E-state index in [-0.39, 0.29) is 19.2 Å². The second-order valence-corrected chi connectivity index (χ2v) is 9.18. The van der Waals surface area contributed by atoms with Crippen molar-refractivity contribution in [1.82, 2.24) is 5.32 Å². The molecule has 5 heteroatoms. The highest BCUT2D eigenvalue weighted by atomic mass is 16.5. The molecule has 0 aromatic heterocycles. The van der Waals surface area contributed by atoms with Crippen LogP contribution in [-0.2, 0) is 9.53 Å². The third kappa shape index (κ3) is 36.1. The molecule has 200 valence electrons. The average Bonchev–Trinajstić information content (AvgIpc) is 2.82. The minimum Gasteiger partial charge on any atom is -0.466 e. The van der Waals surface area contributed by atoms with Gasteiger partial charge >= 0.3 is 5.97 Å². The van der Waals surface area contributed by atoms with Crippen molar-refractivity contribution in [2.24, 2.45) is 0 Å². The van der Waals surface area contributed by atoms with E-state index in [4.69, 9.17) is 14.9 Å². The summed E-state index contributed by atoms with van der Waals surface area (Å²) in [6.45, 7) is 6.58. The molecule has 0 radical (unpaired) electrons. The van der Waals surface area contributed by atoms with Crippen LogP contribution in [0.2, 0.25) is 0 Å². The lowest BCUT2D eigenvalue weighted by molar-refractivity contribution is -0.143. The van der Waals surface area contributed by atoms with Crippen molar-refractivity contribution in [3.05, 3.63) is 0 Å². The Bertz CT molecular complexity index is 349. The molecule has 0 aliphatic heterocycles. The van der Waals surface area contributed by atoms with Gasteiger partial charge in [-0.15, -0.1) is 0 Å². The van der Waals surface area contributed by atoms with Crippen LogP contribution in [0.3, 0.4) is 0 Å². The molecule has 0 aliphatic rings. The Morgan fingerprint density at radius 3 is 1.33 bits per heavy atom. The Kier molecular flexibility index (Phi) is 35.1. The second kappa shape index (κ2) is 33.5. The summed E-state index contributed by atoms with van der Waals surface area (Å²) >= 11 is 0. The van der Waals surface area contributed by atoms with Gasteiger partial charge in [-0.25, -0.2) is 0 Å². The minimum absolute atomic E-state index is 0.0175. The number of rotatable bonds is 25. The van der Waals surface area contributed by atoms with Gasteiger partial charge in [0.15, 0.2) is 0 Å². The molecule has 0 fully saturated rings. The van der Waals surface area contributed by atoms with E-state index in [1.165, 1.54) is 109 Å². The first-order valence-electron chi connectivity index (χ1n) is 14.3. The molecule has 0 heterocycles. The van der Waals surface area contributed by atoms with Gasteiger partial charge in [0.25, 0.3) is 0 Å². The maximum Gasteiger partial charge on any atom is 0.305 e. The lowest BCUT2D eigenvalue weighted by Gasteiger charge is -2.05. The van der Waals surface area contributed by atoms with Crippen LogP contribution in [-0.4, -0.2) is 49.1 Å². The number of nitrogens with one attached hydrogen (secondary N) is 1. The molecule has 0 aliphatic carbocycles. The number of ether oxygens (including phenoxy) is 1. The molecular formula is C28H59NO4. The van der Waals surface area contributed by atoms with Crippen LogP contribution in [0.15, 0.2) is 0 Å². The normalized spacial score (nSPS) is 10.7. The Labute approximate surface area is 206 Å². The number of carbonyl (C=O) groups is 1. The van der Waals surface area contributed by atoms with E-state index >= 15 is 0 Å². The van der Waals surface area contributed by atoms with Crippen LogP contribution in [0, 0.1) is 0 Å². The topological polar surface area (TPSA) is 78.8 Å². The summed E-state index contributed by atoms with van der Waals surface area (Å²) in [6.07, 6.45) is 25.5. The van der Waals surface area contributed by atoms with Gasteiger partial charge in [-0.3, -0.25) is 4.79 Å². The summed E-state index contributed by atoms with van der Waals surface area (Å²) in [5, 5.41) is 19.1. The number of hydrogen-bond donors (Lipinski definition) is 3. The van der Waals surface area contributed by atoms with Gasteiger partial charge in [-0.05, 0) is 12.8 Å². The molecule has 0 saturated heterocycles. The molecule has 3 N–H and O–H groups in total. The fourth-order valence-electron chi connectivity index (χ4n) is 3.71. The van der Waals surface area contributed by atoms with Gasteiger partial charge in [0.05, 0.1) is 19.8 Å². The van der Waals surface area contributed by atoms with E-state index in [0.29, 0.717) is 26.1 Å². The third-order valence-corrected chi connectivity index (χ3v) is 5.82. The molecule has 33 heavy (non-hydrogen) atoms. The quantitative estimate of drug-likeness (QED) is 0.0989. The number of aliphatic hydroxyl groups excluding tert-OH is 2. The summed E-state index contributed by atoms with van der Waals surface area (Å²) in [6, 6.07) is 0. The van der Waals surface area contributed by atoms with Crippen LogP contribution in [0.25, 0.3) is 0 Å². The molecule has 0 unspecified atom stereocenters. The first-order valence-corrected chi connectivity index (χ1v) is 14.3. The van der Waals surface area contributed by atoms with Crippen molar-refractivity contribution in [2.45, 2.75) is 142 Å². The Balaban J connectivity index is 0. The van der Waals surface area contributed by atoms with Gasteiger partial charge < -0.3 is 20.3 Å². The minimum atomic E-state index is 0.0175. The highest BCUT2D eigenvalue weighted by molar-refractivity contribution is 5.69. The lowest BCUT2D eigenvalue weighted by atomic mass is 10.1. The lowest BCUT2D eigenvalue weighted by Crippen LogP contribution is -2.21.